The highest BCUT2D eigenvalue weighted by atomic mass is 32.2. The topological polar surface area (TPSA) is 67.4 Å². The standard InChI is InChI=1S/C13H19FN2O3S/c1-15-9-10-2-3-13(12(14)8-10)20(17,18)16-11-4-6-19-7-5-11/h2-3,8,11,15-16H,4-7,9H2,1H3. The Labute approximate surface area is 118 Å². The number of nitrogens with one attached hydrogen (secondary N) is 2. The molecule has 2 rings (SSSR count). The molecule has 0 bridgehead atoms. The summed E-state index contributed by atoms with van der Waals surface area (Å²) in [6, 6.07) is 3.97. The zero-order valence-corrected chi connectivity index (χ0v) is 12.2. The lowest BCUT2D eigenvalue weighted by Crippen LogP contribution is -2.39. The number of sulfonamides is 1. The molecule has 0 spiro atoms. The van der Waals surface area contributed by atoms with Gasteiger partial charge in [-0.3, -0.25) is 0 Å². The molecule has 1 heterocycles. The maximum Gasteiger partial charge on any atom is 0.243 e. The molecule has 0 radical (unpaired) electrons. The van der Waals surface area contributed by atoms with Crippen LogP contribution in [0, 0.1) is 5.82 Å². The fourth-order valence-corrected chi connectivity index (χ4v) is 3.54. The van der Waals surface area contributed by atoms with Crippen LogP contribution in [-0.4, -0.2) is 34.7 Å². The molecule has 1 aromatic carbocycles. The Hall–Kier alpha value is -1.02. The molecule has 2 N–H and O–H groups in total. The van der Waals surface area contributed by atoms with Gasteiger partial charge in [0.05, 0.1) is 0 Å². The summed E-state index contributed by atoms with van der Waals surface area (Å²) < 4.78 is 46.0. The van der Waals surface area contributed by atoms with Crippen molar-refractivity contribution >= 4 is 10.0 Å². The van der Waals surface area contributed by atoms with Gasteiger partial charge in [0.25, 0.3) is 0 Å². The van der Waals surface area contributed by atoms with Crippen LogP contribution in [0.4, 0.5) is 4.39 Å². The van der Waals surface area contributed by atoms with E-state index in [1.165, 1.54) is 12.1 Å². The van der Waals surface area contributed by atoms with Gasteiger partial charge in [-0.1, -0.05) is 6.07 Å². The first-order valence-electron chi connectivity index (χ1n) is 6.56. The van der Waals surface area contributed by atoms with Crippen LogP contribution in [0.3, 0.4) is 0 Å². The molecule has 20 heavy (non-hydrogen) atoms. The van der Waals surface area contributed by atoms with E-state index in [0.717, 1.165) is 0 Å². The van der Waals surface area contributed by atoms with Gasteiger partial charge in [0.15, 0.2) is 0 Å². The molecule has 1 fully saturated rings. The van der Waals surface area contributed by atoms with Crippen molar-refractivity contribution in [3.63, 3.8) is 0 Å². The van der Waals surface area contributed by atoms with Gasteiger partial charge >= 0.3 is 0 Å². The molecule has 112 valence electrons. The number of ether oxygens (including phenoxy) is 1. The molecule has 0 unspecified atom stereocenters. The third kappa shape index (κ3) is 3.76. The molecule has 0 atom stereocenters. The van der Waals surface area contributed by atoms with Crippen LogP contribution in [0.25, 0.3) is 0 Å². The quantitative estimate of drug-likeness (QED) is 0.851. The van der Waals surface area contributed by atoms with E-state index in [1.807, 2.05) is 0 Å². The van der Waals surface area contributed by atoms with E-state index in [4.69, 9.17) is 4.74 Å². The van der Waals surface area contributed by atoms with Crippen molar-refractivity contribution in [2.75, 3.05) is 20.3 Å². The molecule has 7 heteroatoms. The molecule has 0 aromatic heterocycles. The minimum atomic E-state index is -3.82. The van der Waals surface area contributed by atoms with Crippen molar-refractivity contribution in [2.24, 2.45) is 0 Å². The maximum absolute atomic E-state index is 14.0. The van der Waals surface area contributed by atoms with E-state index in [9.17, 15) is 12.8 Å². The number of rotatable bonds is 5. The Balaban J connectivity index is 2.16. The van der Waals surface area contributed by atoms with Gasteiger partial charge < -0.3 is 10.1 Å². The smallest absolute Gasteiger partial charge is 0.243 e. The van der Waals surface area contributed by atoms with Crippen molar-refractivity contribution in [3.8, 4) is 0 Å². The van der Waals surface area contributed by atoms with Crippen LogP contribution in [-0.2, 0) is 21.3 Å². The van der Waals surface area contributed by atoms with Gasteiger partial charge in [-0.15, -0.1) is 0 Å². The van der Waals surface area contributed by atoms with Crippen LogP contribution in [0.1, 0.15) is 18.4 Å². The molecule has 0 aliphatic carbocycles. The zero-order valence-electron chi connectivity index (χ0n) is 11.4. The Kier molecular flexibility index (Phi) is 5.09. The largest absolute Gasteiger partial charge is 0.381 e. The Morgan fingerprint density at radius 3 is 2.65 bits per heavy atom. The molecular formula is C13H19FN2O3S. The summed E-state index contributed by atoms with van der Waals surface area (Å²) in [7, 11) is -2.08. The van der Waals surface area contributed by atoms with Gasteiger partial charge in [-0.25, -0.2) is 17.5 Å². The number of hydrogen-bond donors (Lipinski definition) is 2. The molecule has 0 saturated carbocycles. The van der Waals surface area contributed by atoms with E-state index in [2.05, 4.69) is 10.0 Å². The lowest BCUT2D eigenvalue weighted by Gasteiger charge is -2.23. The van der Waals surface area contributed by atoms with Gasteiger partial charge in [0.1, 0.15) is 10.7 Å². The molecule has 5 nitrogen and oxygen atoms in total. The Morgan fingerprint density at radius 1 is 1.35 bits per heavy atom. The van der Waals surface area contributed by atoms with Crippen molar-refractivity contribution < 1.29 is 17.5 Å². The highest BCUT2D eigenvalue weighted by Gasteiger charge is 2.24. The summed E-state index contributed by atoms with van der Waals surface area (Å²) in [6.45, 7) is 1.54. The van der Waals surface area contributed by atoms with Crippen molar-refractivity contribution in [1.82, 2.24) is 10.0 Å². The summed E-state index contributed by atoms with van der Waals surface area (Å²) in [5, 5.41) is 2.89. The summed E-state index contributed by atoms with van der Waals surface area (Å²) >= 11 is 0. The van der Waals surface area contributed by atoms with Gasteiger partial charge in [0, 0.05) is 25.8 Å². The second-order valence-corrected chi connectivity index (χ2v) is 6.49. The van der Waals surface area contributed by atoms with Gasteiger partial charge in [-0.05, 0) is 37.6 Å². The maximum atomic E-state index is 14.0. The molecule has 0 amide bonds. The number of benzene rings is 1. The number of hydrogen-bond acceptors (Lipinski definition) is 4. The Bertz CT molecular complexity index is 557. The molecule has 1 aromatic rings. The van der Waals surface area contributed by atoms with E-state index < -0.39 is 15.8 Å². The summed E-state index contributed by atoms with van der Waals surface area (Å²) in [4.78, 5) is -0.302. The normalized spacial score (nSPS) is 17.3. The van der Waals surface area contributed by atoms with Crippen LogP contribution in [0.5, 0.6) is 0 Å². The lowest BCUT2D eigenvalue weighted by atomic mass is 10.1. The van der Waals surface area contributed by atoms with E-state index >= 15 is 0 Å². The third-order valence-electron chi connectivity index (χ3n) is 3.21. The Morgan fingerprint density at radius 2 is 2.05 bits per heavy atom. The van der Waals surface area contributed by atoms with Crippen molar-refractivity contribution in [1.29, 1.82) is 0 Å². The first kappa shape index (κ1) is 15.4. The monoisotopic (exact) mass is 302 g/mol. The van der Waals surface area contributed by atoms with Gasteiger partial charge in [-0.2, -0.15) is 0 Å². The first-order valence-corrected chi connectivity index (χ1v) is 8.04. The zero-order chi connectivity index (χ0) is 14.6. The van der Waals surface area contributed by atoms with Crippen molar-refractivity contribution in [3.05, 3.63) is 29.6 Å². The predicted octanol–water partition coefficient (Wildman–Crippen LogP) is 1.00. The van der Waals surface area contributed by atoms with E-state index in [1.54, 1.807) is 13.1 Å². The highest BCUT2D eigenvalue weighted by Crippen LogP contribution is 2.18. The second-order valence-electron chi connectivity index (χ2n) is 4.80. The fourth-order valence-electron chi connectivity index (χ4n) is 2.17. The minimum absolute atomic E-state index is 0.190. The van der Waals surface area contributed by atoms with Crippen LogP contribution in [0.15, 0.2) is 23.1 Å². The second kappa shape index (κ2) is 6.62. The lowest BCUT2D eigenvalue weighted by molar-refractivity contribution is 0.0832. The minimum Gasteiger partial charge on any atom is -0.381 e. The van der Waals surface area contributed by atoms with Crippen molar-refractivity contribution in [2.45, 2.75) is 30.3 Å². The van der Waals surface area contributed by atoms with Gasteiger partial charge in [0.2, 0.25) is 10.0 Å². The summed E-state index contributed by atoms with van der Waals surface area (Å²) in [6.07, 6.45) is 1.22. The van der Waals surface area contributed by atoms with Crippen LogP contribution < -0.4 is 10.0 Å². The molecular weight excluding hydrogens is 283 g/mol. The highest BCUT2D eigenvalue weighted by molar-refractivity contribution is 7.89. The molecule has 1 aliphatic heterocycles. The first-order chi connectivity index (χ1) is 9.53. The average Bonchev–Trinajstić information content (AvgIpc) is 2.39. The van der Waals surface area contributed by atoms with Crippen LogP contribution in [0.2, 0.25) is 0 Å². The summed E-state index contributed by atoms with van der Waals surface area (Å²) in [5.41, 5.74) is 0.704. The third-order valence-corrected chi connectivity index (χ3v) is 4.76. The average molecular weight is 302 g/mol. The van der Waals surface area contributed by atoms with Crippen LogP contribution >= 0.6 is 0 Å². The summed E-state index contributed by atoms with van der Waals surface area (Å²) in [5.74, 6) is -0.725. The molecule has 1 saturated heterocycles. The SMILES string of the molecule is CNCc1ccc(S(=O)(=O)NC2CCOCC2)c(F)c1. The molecule has 1 aliphatic rings. The van der Waals surface area contributed by atoms with E-state index in [-0.39, 0.29) is 10.9 Å². The van der Waals surface area contributed by atoms with E-state index in [0.29, 0.717) is 38.2 Å². The number of halogens is 1. The fraction of sp³-hybridized carbons (Fsp3) is 0.538. The predicted molar refractivity (Wildman–Crippen MR) is 73.3 cm³/mol.